The monoisotopic (exact) mass is 338 g/mol. The molecular formula is C19H18N2O4. The van der Waals surface area contributed by atoms with Gasteiger partial charge < -0.3 is 15.2 Å². The first-order valence-corrected chi connectivity index (χ1v) is 8.34. The molecule has 6 heteroatoms. The average Bonchev–Trinajstić information content (AvgIpc) is 3.05. The van der Waals surface area contributed by atoms with E-state index >= 15 is 0 Å². The summed E-state index contributed by atoms with van der Waals surface area (Å²) in [6.07, 6.45) is 5.77. The average molecular weight is 338 g/mol. The maximum atomic E-state index is 12.5. The lowest BCUT2D eigenvalue weighted by Gasteiger charge is -2.38. The minimum absolute atomic E-state index is 0.363. The van der Waals surface area contributed by atoms with Crippen molar-refractivity contribution in [1.82, 2.24) is 10.3 Å². The Morgan fingerprint density at radius 1 is 1.16 bits per heavy atom. The molecule has 0 bridgehead atoms. The lowest BCUT2D eigenvalue weighted by atomic mass is 9.76. The zero-order valence-electron chi connectivity index (χ0n) is 13.6. The number of pyridine rings is 1. The Balaban J connectivity index is 1.59. The number of aliphatic carboxylic acids is 1. The van der Waals surface area contributed by atoms with E-state index in [0.717, 1.165) is 35.3 Å². The van der Waals surface area contributed by atoms with E-state index < -0.39 is 17.4 Å². The molecular weight excluding hydrogens is 320 g/mol. The molecule has 1 aromatic carbocycles. The largest absolute Gasteiger partial charge is 0.493 e. The fraction of sp³-hybridized carbons (Fsp3) is 0.316. The number of rotatable bonds is 4. The van der Waals surface area contributed by atoms with Gasteiger partial charge in [-0.25, -0.2) is 4.79 Å². The summed E-state index contributed by atoms with van der Waals surface area (Å²) in [5.41, 5.74) is 2.16. The van der Waals surface area contributed by atoms with Crippen LogP contribution in [0.4, 0.5) is 0 Å². The number of nitrogens with one attached hydrogen (secondary N) is 1. The molecule has 2 aliphatic rings. The van der Waals surface area contributed by atoms with Crippen LogP contribution >= 0.6 is 0 Å². The van der Waals surface area contributed by atoms with Crippen molar-refractivity contribution in [2.45, 2.75) is 31.2 Å². The van der Waals surface area contributed by atoms with Gasteiger partial charge in [0, 0.05) is 24.4 Å². The van der Waals surface area contributed by atoms with E-state index in [1.165, 1.54) is 6.20 Å². The topological polar surface area (TPSA) is 88.5 Å². The molecule has 1 aromatic heterocycles. The van der Waals surface area contributed by atoms with E-state index in [1.54, 1.807) is 12.3 Å². The number of carbonyl (C=O) groups excluding carboxylic acids is 1. The van der Waals surface area contributed by atoms with Gasteiger partial charge in [0.15, 0.2) is 0 Å². The first-order chi connectivity index (χ1) is 12.1. The predicted molar refractivity (Wildman–Crippen MR) is 90.6 cm³/mol. The Morgan fingerprint density at radius 2 is 2.00 bits per heavy atom. The highest BCUT2D eigenvalue weighted by Crippen LogP contribution is 2.33. The number of carboxylic acid groups (broad SMARTS) is 1. The second kappa shape index (κ2) is 5.88. The SMILES string of the molecule is O=C(NC1(C(=O)O)CCC1)c1cncc(-c2ccc3c(c2)CCO3)c1. The number of nitrogens with zero attached hydrogens (tertiary/aromatic N) is 1. The van der Waals surface area contributed by atoms with Crippen molar-refractivity contribution >= 4 is 11.9 Å². The van der Waals surface area contributed by atoms with Crippen molar-refractivity contribution in [2.75, 3.05) is 6.61 Å². The molecule has 2 aromatic rings. The van der Waals surface area contributed by atoms with Gasteiger partial charge in [-0.3, -0.25) is 9.78 Å². The molecule has 6 nitrogen and oxygen atoms in total. The number of carbonyl (C=O) groups is 2. The zero-order chi connectivity index (χ0) is 17.4. The predicted octanol–water partition coefficient (Wildman–Crippen LogP) is 2.42. The van der Waals surface area contributed by atoms with Crippen LogP contribution in [0.25, 0.3) is 11.1 Å². The summed E-state index contributed by atoms with van der Waals surface area (Å²) >= 11 is 0. The van der Waals surface area contributed by atoms with Gasteiger partial charge in [0.25, 0.3) is 5.91 Å². The van der Waals surface area contributed by atoms with Gasteiger partial charge in [-0.2, -0.15) is 0 Å². The number of benzene rings is 1. The second-order valence-electron chi connectivity index (χ2n) is 6.58. The Labute approximate surface area is 144 Å². The van der Waals surface area contributed by atoms with Crippen LogP contribution < -0.4 is 10.1 Å². The summed E-state index contributed by atoms with van der Waals surface area (Å²) in [4.78, 5) is 28.1. The molecule has 2 N–H and O–H groups in total. The number of ether oxygens (including phenoxy) is 1. The van der Waals surface area contributed by atoms with E-state index in [4.69, 9.17) is 4.74 Å². The molecule has 1 amide bonds. The third kappa shape index (κ3) is 2.73. The van der Waals surface area contributed by atoms with Crippen molar-refractivity contribution in [3.05, 3.63) is 47.8 Å². The Kier molecular flexibility index (Phi) is 3.67. The van der Waals surface area contributed by atoms with Gasteiger partial charge in [-0.05, 0) is 48.6 Å². The summed E-state index contributed by atoms with van der Waals surface area (Å²) in [5, 5.41) is 12.0. The maximum Gasteiger partial charge on any atom is 0.329 e. The molecule has 0 unspecified atom stereocenters. The normalized spacial score (nSPS) is 17.1. The number of hydrogen-bond donors (Lipinski definition) is 2. The first kappa shape index (κ1) is 15.6. The van der Waals surface area contributed by atoms with Crippen LogP contribution in [0.1, 0.15) is 35.2 Å². The molecule has 25 heavy (non-hydrogen) atoms. The second-order valence-corrected chi connectivity index (χ2v) is 6.58. The number of carboxylic acids is 1. The summed E-state index contributed by atoms with van der Waals surface area (Å²) in [5.74, 6) is -0.477. The van der Waals surface area contributed by atoms with Crippen LogP contribution in [0.3, 0.4) is 0 Å². The third-order valence-electron chi connectivity index (χ3n) is 4.99. The van der Waals surface area contributed by atoms with Crippen LogP contribution in [0.5, 0.6) is 5.75 Å². The summed E-state index contributed by atoms with van der Waals surface area (Å²) < 4.78 is 5.51. The Hall–Kier alpha value is -2.89. The van der Waals surface area contributed by atoms with Gasteiger partial charge in [0.1, 0.15) is 11.3 Å². The molecule has 1 fully saturated rings. The van der Waals surface area contributed by atoms with Crippen molar-refractivity contribution in [2.24, 2.45) is 0 Å². The maximum absolute atomic E-state index is 12.5. The van der Waals surface area contributed by atoms with Gasteiger partial charge in [0.2, 0.25) is 0 Å². The van der Waals surface area contributed by atoms with E-state index in [1.807, 2.05) is 18.2 Å². The molecule has 2 heterocycles. The van der Waals surface area contributed by atoms with Crippen LogP contribution in [-0.4, -0.2) is 34.1 Å². The minimum atomic E-state index is -1.13. The Morgan fingerprint density at radius 3 is 2.72 bits per heavy atom. The van der Waals surface area contributed by atoms with Crippen molar-refractivity contribution < 1.29 is 19.4 Å². The zero-order valence-corrected chi connectivity index (χ0v) is 13.6. The molecule has 0 saturated heterocycles. The molecule has 4 rings (SSSR count). The van der Waals surface area contributed by atoms with E-state index in [0.29, 0.717) is 25.0 Å². The molecule has 0 radical (unpaired) electrons. The number of amides is 1. The molecule has 0 atom stereocenters. The van der Waals surface area contributed by atoms with Gasteiger partial charge >= 0.3 is 5.97 Å². The lowest BCUT2D eigenvalue weighted by molar-refractivity contribution is -0.148. The van der Waals surface area contributed by atoms with Gasteiger partial charge in [-0.1, -0.05) is 6.07 Å². The summed E-state index contributed by atoms with van der Waals surface area (Å²) in [6, 6.07) is 7.66. The standard InChI is InChI=1S/C19H18N2O4/c22-17(21-19(18(23)24)5-1-6-19)15-9-14(10-20-11-15)12-2-3-16-13(8-12)4-7-25-16/h2-3,8-11H,1,4-7H2,(H,21,22)(H,23,24). The van der Waals surface area contributed by atoms with Crippen molar-refractivity contribution in [3.63, 3.8) is 0 Å². The fourth-order valence-corrected chi connectivity index (χ4v) is 3.30. The molecule has 1 saturated carbocycles. The van der Waals surface area contributed by atoms with Gasteiger partial charge in [-0.15, -0.1) is 0 Å². The summed E-state index contributed by atoms with van der Waals surface area (Å²) in [6.45, 7) is 0.691. The van der Waals surface area contributed by atoms with Crippen LogP contribution in [0.2, 0.25) is 0 Å². The van der Waals surface area contributed by atoms with E-state index in [9.17, 15) is 14.7 Å². The summed E-state index contributed by atoms with van der Waals surface area (Å²) in [7, 11) is 0. The lowest BCUT2D eigenvalue weighted by Crippen LogP contribution is -2.59. The van der Waals surface area contributed by atoms with Gasteiger partial charge in [0.05, 0.1) is 12.2 Å². The highest BCUT2D eigenvalue weighted by molar-refractivity contribution is 5.98. The van der Waals surface area contributed by atoms with E-state index in [2.05, 4.69) is 10.3 Å². The van der Waals surface area contributed by atoms with Crippen LogP contribution in [0.15, 0.2) is 36.7 Å². The number of aromatic nitrogens is 1. The van der Waals surface area contributed by atoms with Crippen LogP contribution in [-0.2, 0) is 11.2 Å². The van der Waals surface area contributed by atoms with Crippen molar-refractivity contribution in [1.29, 1.82) is 0 Å². The Bertz CT molecular complexity index is 858. The van der Waals surface area contributed by atoms with E-state index in [-0.39, 0.29) is 0 Å². The molecule has 0 spiro atoms. The number of hydrogen-bond acceptors (Lipinski definition) is 4. The third-order valence-corrected chi connectivity index (χ3v) is 4.99. The number of fused-ring (bicyclic) bond motifs is 1. The fourth-order valence-electron chi connectivity index (χ4n) is 3.30. The first-order valence-electron chi connectivity index (χ1n) is 8.34. The van der Waals surface area contributed by atoms with Crippen molar-refractivity contribution in [3.8, 4) is 16.9 Å². The minimum Gasteiger partial charge on any atom is -0.493 e. The van der Waals surface area contributed by atoms with Crippen LogP contribution in [0, 0.1) is 0 Å². The molecule has 1 aliphatic carbocycles. The molecule has 128 valence electrons. The highest BCUT2D eigenvalue weighted by atomic mass is 16.5. The smallest absolute Gasteiger partial charge is 0.329 e. The quantitative estimate of drug-likeness (QED) is 0.894. The molecule has 1 aliphatic heterocycles. The highest BCUT2D eigenvalue weighted by Gasteiger charge is 2.45.